The molecule has 4 nitrogen and oxygen atoms in total. The Morgan fingerprint density at radius 1 is 1.25 bits per heavy atom. The van der Waals surface area contributed by atoms with E-state index < -0.39 is 0 Å². The molecule has 2 N–H and O–H groups in total. The van der Waals surface area contributed by atoms with Gasteiger partial charge in [-0.2, -0.15) is 4.98 Å². The minimum absolute atomic E-state index is 0.607. The molecule has 5 heteroatoms. The number of aromatic nitrogens is 2. The molecule has 1 fully saturated rings. The number of nitrogens with one attached hydrogen (secondary N) is 2. The quantitative estimate of drug-likeness (QED) is 0.857. The Morgan fingerprint density at radius 2 is 2.05 bits per heavy atom. The van der Waals surface area contributed by atoms with E-state index in [0.29, 0.717) is 11.9 Å². The molecular weight excluding hydrogens is 316 g/mol. The van der Waals surface area contributed by atoms with Gasteiger partial charge in [0.1, 0.15) is 5.82 Å². The second-order valence-corrected chi connectivity index (χ2v) is 5.77. The zero-order chi connectivity index (χ0) is 13.9. The molecule has 20 heavy (non-hydrogen) atoms. The van der Waals surface area contributed by atoms with E-state index in [2.05, 4.69) is 42.6 Å². The number of hydrogen-bond acceptors (Lipinski definition) is 4. The van der Waals surface area contributed by atoms with Gasteiger partial charge in [-0.3, -0.25) is 0 Å². The number of rotatable bonds is 5. The molecule has 1 heterocycles. The van der Waals surface area contributed by atoms with Crippen molar-refractivity contribution in [2.45, 2.75) is 25.7 Å². The molecule has 1 aliphatic rings. The van der Waals surface area contributed by atoms with Crippen LogP contribution in [0.25, 0.3) is 0 Å². The van der Waals surface area contributed by atoms with Crippen molar-refractivity contribution in [2.24, 2.45) is 0 Å². The Morgan fingerprint density at radius 3 is 2.75 bits per heavy atom. The van der Waals surface area contributed by atoms with Gasteiger partial charge in [0.25, 0.3) is 0 Å². The summed E-state index contributed by atoms with van der Waals surface area (Å²) in [5, 5.41) is 6.55. The highest BCUT2D eigenvalue weighted by Crippen LogP contribution is 2.40. The van der Waals surface area contributed by atoms with E-state index in [9.17, 15) is 0 Å². The van der Waals surface area contributed by atoms with Crippen LogP contribution >= 0.6 is 15.9 Å². The molecule has 1 saturated carbocycles. The first-order valence-corrected chi connectivity index (χ1v) is 7.70. The van der Waals surface area contributed by atoms with Gasteiger partial charge < -0.3 is 10.6 Å². The van der Waals surface area contributed by atoms with Gasteiger partial charge in [-0.05, 0) is 47.8 Å². The van der Waals surface area contributed by atoms with Crippen molar-refractivity contribution in [3.8, 4) is 0 Å². The first-order valence-electron chi connectivity index (χ1n) is 6.90. The molecule has 0 saturated heterocycles. The topological polar surface area (TPSA) is 49.8 Å². The van der Waals surface area contributed by atoms with Crippen LogP contribution in [0.15, 0.2) is 34.8 Å². The Hall–Kier alpha value is -1.62. The SMILES string of the molecule is CCNc1nc(Nc2ccccc2Br)cc(C2CC2)n1. The van der Waals surface area contributed by atoms with Crippen LogP contribution in [0.3, 0.4) is 0 Å². The highest BCUT2D eigenvalue weighted by Gasteiger charge is 2.26. The van der Waals surface area contributed by atoms with Crippen LogP contribution in [0.4, 0.5) is 17.5 Å². The Labute approximate surface area is 127 Å². The Bertz CT molecular complexity index is 611. The van der Waals surface area contributed by atoms with Crippen LogP contribution in [0, 0.1) is 0 Å². The highest BCUT2D eigenvalue weighted by atomic mass is 79.9. The number of nitrogens with zero attached hydrogens (tertiary/aromatic N) is 2. The van der Waals surface area contributed by atoms with Crippen LogP contribution in [0.5, 0.6) is 0 Å². The van der Waals surface area contributed by atoms with Crippen LogP contribution in [0.1, 0.15) is 31.4 Å². The molecule has 0 radical (unpaired) electrons. The first-order chi connectivity index (χ1) is 9.76. The van der Waals surface area contributed by atoms with Gasteiger partial charge in [0.05, 0.1) is 11.4 Å². The molecule has 0 unspecified atom stereocenters. The predicted octanol–water partition coefficient (Wildman–Crippen LogP) is 4.29. The van der Waals surface area contributed by atoms with E-state index in [1.807, 2.05) is 31.2 Å². The van der Waals surface area contributed by atoms with Gasteiger partial charge in [-0.15, -0.1) is 0 Å². The Balaban J connectivity index is 1.89. The molecule has 0 amide bonds. The number of para-hydroxylation sites is 1. The van der Waals surface area contributed by atoms with E-state index in [4.69, 9.17) is 0 Å². The average Bonchev–Trinajstić information content (AvgIpc) is 3.26. The van der Waals surface area contributed by atoms with Gasteiger partial charge in [-0.25, -0.2) is 4.98 Å². The predicted molar refractivity (Wildman–Crippen MR) is 85.6 cm³/mol. The van der Waals surface area contributed by atoms with E-state index in [1.54, 1.807) is 0 Å². The van der Waals surface area contributed by atoms with E-state index in [1.165, 1.54) is 12.8 Å². The summed E-state index contributed by atoms with van der Waals surface area (Å²) in [5.74, 6) is 2.14. The molecule has 104 valence electrons. The second kappa shape index (κ2) is 5.79. The lowest BCUT2D eigenvalue weighted by molar-refractivity contribution is 0.977. The summed E-state index contributed by atoms with van der Waals surface area (Å²) in [4.78, 5) is 9.09. The summed E-state index contributed by atoms with van der Waals surface area (Å²) in [6.45, 7) is 2.87. The largest absolute Gasteiger partial charge is 0.354 e. The van der Waals surface area contributed by atoms with Crippen molar-refractivity contribution >= 4 is 33.4 Å². The third-order valence-electron chi connectivity index (χ3n) is 3.21. The van der Waals surface area contributed by atoms with Crippen molar-refractivity contribution < 1.29 is 0 Å². The molecule has 0 spiro atoms. The van der Waals surface area contributed by atoms with Crippen LogP contribution in [-0.2, 0) is 0 Å². The molecule has 2 aromatic rings. The van der Waals surface area contributed by atoms with Gasteiger partial charge in [-0.1, -0.05) is 12.1 Å². The van der Waals surface area contributed by atoms with E-state index in [-0.39, 0.29) is 0 Å². The minimum Gasteiger partial charge on any atom is -0.354 e. The van der Waals surface area contributed by atoms with Crippen LogP contribution in [0.2, 0.25) is 0 Å². The van der Waals surface area contributed by atoms with Gasteiger partial charge in [0, 0.05) is 23.0 Å². The van der Waals surface area contributed by atoms with Crippen molar-refractivity contribution in [3.63, 3.8) is 0 Å². The third-order valence-corrected chi connectivity index (χ3v) is 3.90. The fourth-order valence-corrected chi connectivity index (χ4v) is 2.44. The minimum atomic E-state index is 0.607. The van der Waals surface area contributed by atoms with Gasteiger partial charge in [0.2, 0.25) is 5.95 Å². The zero-order valence-corrected chi connectivity index (χ0v) is 12.9. The molecule has 0 atom stereocenters. The molecule has 0 bridgehead atoms. The maximum Gasteiger partial charge on any atom is 0.224 e. The smallest absolute Gasteiger partial charge is 0.224 e. The maximum atomic E-state index is 4.58. The van der Waals surface area contributed by atoms with Crippen LogP contribution in [-0.4, -0.2) is 16.5 Å². The Kier molecular flexibility index (Phi) is 3.87. The zero-order valence-electron chi connectivity index (χ0n) is 11.4. The summed E-state index contributed by atoms with van der Waals surface area (Å²) < 4.78 is 1.02. The molecule has 1 aromatic carbocycles. The van der Waals surface area contributed by atoms with Gasteiger partial charge >= 0.3 is 0 Å². The second-order valence-electron chi connectivity index (χ2n) is 4.91. The van der Waals surface area contributed by atoms with E-state index >= 15 is 0 Å². The summed E-state index contributed by atoms with van der Waals surface area (Å²) >= 11 is 3.54. The van der Waals surface area contributed by atoms with E-state index in [0.717, 1.165) is 28.2 Å². The van der Waals surface area contributed by atoms with Crippen molar-refractivity contribution in [3.05, 3.63) is 40.5 Å². The highest BCUT2D eigenvalue weighted by molar-refractivity contribution is 9.10. The van der Waals surface area contributed by atoms with Crippen LogP contribution < -0.4 is 10.6 Å². The molecular formula is C15H17BrN4. The van der Waals surface area contributed by atoms with Crippen molar-refractivity contribution in [1.29, 1.82) is 0 Å². The lowest BCUT2D eigenvalue weighted by Gasteiger charge is -2.11. The maximum absolute atomic E-state index is 4.58. The fraction of sp³-hybridized carbons (Fsp3) is 0.333. The molecule has 1 aliphatic carbocycles. The monoisotopic (exact) mass is 332 g/mol. The standard InChI is InChI=1S/C15H17BrN4/c1-2-17-15-19-13(10-7-8-10)9-14(20-15)18-12-6-4-3-5-11(12)16/h3-6,9-10H,2,7-8H2,1H3,(H2,17,18,19,20). The van der Waals surface area contributed by atoms with Gasteiger partial charge in [0.15, 0.2) is 0 Å². The fourth-order valence-electron chi connectivity index (χ4n) is 2.06. The summed E-state index contributed by atoms with van der Waals surface area (Å²) in [5.41, 5.74) is 2.14. The van der Waals surface area contributed by atoms with Crippen molar-refractivity contribution in [2.75, 3.05) is 17.2 Å². The number of anilines is 3. The summed E-state index contributed by atoms with van der Waals surface area (Å²) in [7, 11) is 0. The number of hydrogen-bond donors (Lipinski definition) is 2. The average molecular weight is 333 g/mol. The molecule has 1 aromatic heterocycles. The number of halogens is 1. The third kappa shape index (κ3) is 3.10. The first kappa shape index (κ1) is 13.4. The van der Waals surface area contributed by atoms with Crippen molar-refractivity contribution in [1.82, 2.24) is 9.97 Å². The number of benzene rings is 1. The molecule has 0 aliphatic heterocycles. The molecule has 3 rings (SSSR count). The summed E-state index contributed by atoms with van der Waals surface area (Å²) in [6, 6.07) is 10.1. The lowest BCUT2D eigenvalue weighted by atomic mass is 10.2. The lowest BCUT2D eigenvalue weighted by Crippen LogP contribution is -2.06. The normalized spacial score (nSPS) is 14.1. The summed E-state index contributed by atoms with van der Waals surface area (Å²) in [6.07, 6.45) is 2.47.